The number of pyridine rings is 1. The molecule has 0 aliphatic carbocycles. The van der Waals surface area contributed by atoms with Gasteiger partial charge in [-0.1, -0.05) is 0 Å². The fourth-order valence-corrected chi connectivity index (χ4v) is 1.25. The first-order chi connectivity index (χ1) is 8.12. The van der Waals surface area contributed by atoms with E-state index < -0.39 is 47.8 Å². The van der Waals surface area contributed by atoms with Gasteiger partial charge in [0.15, 0.2) is 5.69 Å². The highest BCUT2D eigenvalue weighted by molar-refractivity contribution is 5.70. The summed E-state index contributed by atoms with van der Waals surface area (Å²) in [6.07, 6.45) is -9.68. The monoisotopic (exact) mass is 273 g/mol. The molecule has 0 fully saturated rings. The number of halogens is 6. The molecule has 0 spiro atoms. The summed E-state index contributed by atoms with van der Waals surface area (Å²) in [5.74, 6) is -3.64. The zero-order chi connectivity index (χ0) is 14.1. The molecule has 3 nitrogen and oxygen atoms in total. The Morgan fingerprint density at radius 2 is 1.94 bits per heavy atom. The minimum Gasteiger partial charge on any atom is -0.481 e. The first-order valence-corrected chi connectivity index (χ1v) is 4.39. The molecular weight excluding hydrogens is 268 g/mol. The number of carbonyl (C=O) groups is 1. The van der Waals surface area contributed by atoms with Gasteiger partial charge in [0, 0.05) is 0 Å². The normalized spacial score (nSPS) is 11.9. The molecule has 1 rings (SSSR count). The Hall–Kier alpha value is -1.80. The van der Waals surface area contributed by atoms with Gasteiger partial charge >= 0.3 is 12.1 Å². The summed E-state index contributed by atoms with van der Waals surface area (Å²) in [4.78, 5) is 12.7. The van der Waals surface area contributed by atoms with E-state index in [2.05, 4.69) is 4.98 Å². The fourth-order valence-electron chi connectivity index (χ4n) is 1.25. The number of nitrogens with zero attached hydrogens (tertiary/aromatic N) is 1. The maximum absolute atomic E-state index is 12.9. The van der Waals surface area contributed by atoms with Gasteiger partial charge in [0.05, 0.1) is 12.0 Å². The number of hydrogen-bond donors (Lipinski definition) is 1. The van der Waals surface area contributed by atoms with Crippen molar-refractivity contribution in [3.05, 3.63) is 28.8 Å². The van der Waals surface area contributed by atoms with E-state index >= 15 is 0 Å². The van der Waals surface area contributed by atoms with Crippen LogP contribution in [0.3, 0.4) is 0 Å². The third-order valence-electron chi connectivity index (χ3n) is 1.93. The maximum atomic E-state index is 12.9. The van der Waals surface area contributed by atoms with Crippen LogP contribution in [0.1, 0.15) is 23.2 Å². The minimum atomic E-state index is -5.12. The minimum absolute atomic E-state index is 0.171. The molecule has 1 aromatic rings. The second-order valence-corrected chi connectivity index (χ2v) is 3.25. The number of carboxylic acids is 1. The lowest BCUT2D eigenvalue weighted by Gasteiger charge is -2.12. The van der Waals surface area contributed by atoms with Gasteiger partial charge in [-0.3, -0.25) is 4.79 Å². The molecule has 0 aromatic carbocycles. The van der Waals surface area contributed by atoms with Gasteiger partial charge in [-0.2, -0.15) is 17.6 Å². The van der Waals surface area contributed by atoms with Gasteiger partial charge in [-0.25, -0.2) is 13.8 Å². The summed E-state index contributed by atoms with van der Waals surface area (Å²) in [5.41, 5.74) is -4.18. The number of alkyl halides is 5. The Labute approximate surface area is 96.1 Å². The number of rotatable bonds is 3. The van der Waals surface area contributed by atoms with Crippen LogP contribution in [0.5, 0.6) is 0 Å². The third kappa shape index (κ3) is 3.11. The molecule has 0 unspecified atom stereocenters. The molecule has 100 valence electrons. The zero-order valence-electron chi connectivity index (χ0n) is 8.43. The van der Waals surface area contributed by atoms with E-state index in [1.54, 1.807) is 0 Å². The second kappa shape index (κ2) is 4.83. The molecular formula is C9H5F6NO2. The van der Waals surface area contributed by atoms with Crippen LogP contribution in [0.25, 0.3) is 0 Å². The lowest BCUT2D eigenvalue weighted by Crippen LogP contribution is -2.17. The average molecular weight is 273 g/mol. The summed E-state index contributed by atoms with van der Waals surface area (Å²) in [5, 5.41) is 8.38. The molecule has 1 aromatic heterocycles. The average Bonchev–Trinajstić information content (AvgIpc) is 2.17. The maximum Gasteiger partial charge on any atom is 0.433 e. The van der Waals surface area contributed by atoms with Crippen LogP contribution in [-0.4, -0.2) is 16.1 Å². The van der Waals surface area contributed by atoms with Gasteiger partial charge in [0.1, 0.15) is 0 Å². The van der Waals surface area contributed by atoms with Crippen molar-refractivity contribution in [3.8, 4) is 0 Å². The smallest absolute Gasteiger partial charge is 0.433 e. The summed E-state index contributed by atoms with van der Waals surface area (Å²) < 4.78 is 74.6. The number of aromatic nitrogens is 1. The summed E-state index contributed by atoms with van der Waals surface area (Å²) in [6, 6.07) is 0.171. The van der Waals surface area contributed by atoms with Crippen LogP contribution in [0.2, 0.25) is 0 Å². The first-order valence-electron chi connectivity index (χ1n) is 4.39. The van der Waals surface area contributed by atoms with Crippen molar-refractivity contribution in [1.29, 1.82) is 0 Å². The van der Waals surface area contributed by atoms with Crippen molar-refractivity contribution in [1.82, 2.24) is 4.98 Å². The van der Waals surface area contributed by atoms with Crippen molar-refractivity contribution in [2.75, 3.05) is 0 Å². The van der Waals surface area contributed by atoms with Gasteiger partial charge < -0.3 is 5.11 Å². The van der Waals surface area contributed by atoms with Crippen molar-refractivity contribution in [3.63, 3.8) is 0 Å². The van der Waals surface area contributed by atoms with Gasteiger partial charge in [0.2, 0.25) is 5.95 Å². The summed E-state index contributed by atoms with van der Waals surface area (Å²) in [6.45, 7) is 0. The second-order valence-electron chi connectivity index (χ2n) is 3.25. The Balaban J connectivity index is 3.42. The third-order valence-corrected chi connectivity index (χ3v) is 1.93. The Kier molecular flexibility index (Phi) is 3.82. The van der Waals surface area contributed by atoms with E-state index in [1.165, 1.54) is 0 Å². The summed E-state index contributed by atoms with van der Waals surface area (Å²) in [7, 11) is 0. The van der Waals surface area contributed by atoms with Crippen LogP contribution in [-0.2, 0) is 17.4 Å². The Morgan fingerprint density at radius 3 is 2.33 bits per heavy atom. The van der Waals surface area contributed by atoms with Crippen molar-refractivity contribution in [2.45, 2.75) is 19.0 Å². The molecule has 1 heterocycles. The molecule has 1 N–H and O–H groups in total. The van der Waals surface area contributed by atoms with E-state index in [0.29, 0.717) is 0 Å². The molecule has 0 atom stereocenters. The highest BCUT2D eigenvalue weighted by Gasteiger charge is 2.37. The van der Waals surface area contributed by atoms with E-state index in [9.17, 15) is 31.1 Å². The van der Waals surface area contributed by atoms with Crippen LogP contribution in [0.15, 0.2) is 6.07 Å². The predicted molar refractivity (Wildman–Crippen MR) is 45.5 cm³/mol. The predicted octanol–water partition coefficient (Wildman–Crippen LogP) is 2.80. The highest BCUT2D eigenvalue weighted by Crippen LogP contribution is 2.33. The lowest BCUT2D eigenvalue weighted by atomic mass is 10.1. The molecule has 0 aliphatic rings. The largest absolute Gasteiger partial charge is 0.481 e. The molecule has 0 saturated heterocycles. The lowest BCUT2D eigenvalue weighted by molar-refractivity contribution is -0.143. The number of hydrogen-bond acceptors (Lipinski definition) is 2. The topological polar surface area (TPSA) is 50.2 Å². The van der Waals surface area contributed by atoms with Gasteiger partial charge in [-0.15, -0.1) is 0 Å². The van der Waals surface area contributed by atoms with Crippen molar-refractivity contribution >= 4 is 5.97 Å². The molecule has 9 heteroatoms. The van der Waals surface area contributed by atoms with E-state index in [1.807, 2.05) is 0 Å². The molecule has 0 aliphatic heterocycles. The first kappa shape index (κ1) is 14.3. The van der Waals surface area contributed by atoms with Crippen molar-refractivity contribution < 1.29 is 36.2 Å². The number of carboxylic acid groups (broad SMARTS) is 1. The van der Waals surface area contributed by atoms with Crippen LogP contribution >= 0.6 is 0 Å². The van der Waals surface area contributed by atoms with E-state index in [0.717, 1.165) is 0 Å². The Bertz CT molecular complexity index is 471. The van der Waals surface area contributed by atoms with Crippen LogP contribution in [0.4, 0.5) is 26.3 Å². The van der Waals surface area contributed by atoms with Crippen LogP contribution < -0.4 is 0 Å². The van der Waals surface area contributed by atoms with Gasteiger partial charge in [-0.05, 0) is 11.6 Å². The standard InChI is InChI=1S/C9H5F6NO2/c10-7(11)4-1-3(2-5(17)18)6(9(13,14)15)16-8(4)12/h1,7H,2H2,(H,17,18). The van der Waals surface area contributed by atoms with Crippen molar-refractivity contribution in [2.24, 2.45) is 0 Å². The Morgan fingerprint density at radius 1 is 1.39 bits per heavy atom. The van der Waals surface area contributed by atoms with E-state index in [4.69, 9.17) is 5.11 Å². The highest BCUT2D eigenvalue weighted by atomic mass is 19.4. The molecule has 0 saturated carbocycles. The summed E-state index contributed by atoms with van der Waals surface area (Å²) >= 11 is 0. The molecule has 18 heavy (non-hydrogen) atoms. The molecule has 0 radical (unpaired) electrons. The molecule has 0 amide bonds. The van der Waals surface area contributed by atoms with Gasteiger partial charge in [0.25, 0.3) is 6.43 Å². The van der Waals surface area contributed by atoms with E-state index in [-0.39, 0.29) is 6.07 Å². The van der Waals surface area contributed by atoms with Crippen LogP contribution in [0, 0.1) is 5.95 Å². The quantitative estimate of drug-likeness (QED) is 0.680. The SMILES string of the molecule is O=C(O)Cc1cc(C(F)F)c(F)nc1C(F)(F)F. The molecule has 0 bridgehead atoms. The fraction of sp³-hybridized carbons (Fsp3) is 0.333. The number of aliphatic carboxylic acids is 1. The zero-order valence-corrected chi connectivity index (χ0v) is 8.43.